The maximum absolute atomic E-state index is 13.0. The minimum atomic E-state index is 0.00397. The predicted molar refractivity (Wildman–Crippen MR) is 89.7 cm³/mol. The van der Waals surface area contributed by atoms with Crippen molar-refractivity contribution in [2.75, 3.05) is 6.54 Å². The SMILES string of the molecule is CCCCc1nc(C)c(C(=O)N2CCCC2c2cc(C)no2)s1. The van der Waals surface area contributed by atoms with Crippen LogP contribution in [0.25, 0.3) is 0 Å². The average molecular weight is 333 g/mol. The van der Waals surface area contributed by atoms with Gasteiger partial charge in [0.1, 0.15) is 4.88 Å². The number of aromatic nitrogens is 2. The van der Waals surface area contributed by atoms with E-state index in [1.165, 1.54) is 0 Å². The summed E-state index contributed by atoms with van der Waals surface area (Å²) in [6.07, 6.45) is 5.14. The number of thiazole rings is 1. The highest BCUT2D eigenvalue weighted by atomic mass is 32.1. The zero-order valence-electron chi connectivity index (χ0n) is 14.0. The Morgan fingerprint density at radius 3 is 3.00 bits per heavy atom. The quantitative estimate of drug-likeness (QED) is 0.827. The lowest BCUT2D eigenvalue weighted by molar-refractivity contribution is 0.0718. The number of hydrogen-bond acceptors (Lipinski definition) is 5. The van der Waals surface area contributed by atoms with Crippen LogP contribution in [0, 0.1) is 13.8 Å². The summed E-state index contributed by atoms with van der Waals surface area (Å²) in [5.41, 5.74) is 1.71. The summed E-state index contributed by atoms with van der Waals surface area (Å²) in [5.74, 6) is 0.876. The van der Waals surface area contributed by atoms with Crippen LogP contribution < -0.4 is 0 Å². The number of unbranched alkanes of at least 4 members (excludes halogenated alkanes) is 1. The van der Waals surface area contributed by atoms with Crippen molar-refractivity contribution in [2.45, 2.75) is 58.9 Å². The first kappa shape index (κ1) is 16.2. The summed E-state index contributed by atoms with van der Waals surface area (Å²) in [6.45, 7) is 6.77. The highest BCUT2D eigenvalue weighted by Crippen LogP contribution is 2.35. The second-order valence-corrected chi connectivity index (χ2v) is 7.24. The Bertz CT molecular complexity index is 692. The average Bonchev–Trinajstić information content (AvgIpc) is 3.23. The van der Waals surface area contributed by atoms with Crippen molar-refractivity contribution in [3.63, 3.8) is 0 Å². The van der Waals surface area contributed by atoms with Gasteiger partial charge in [-0.1, -0.05) is 18.5 Å². The van der Waals surface area contributed by atoms with Crippen molar-refractivity contribution in [1.82, 2.24) is 15.0 Å². The monoisotopic (exact) mass is 333 g/mol. The number of hydrogen-bond donors (Lipinski definition) is 0. The Kier molecular flexibility index (Phi) is 4.80. The van der Waals surface area contributed by atoms with Gasteiger partial charge in [-0.25, -0.2) is 4.98 Å². The van der Waals surface area contributed by atoms with Gasteiger partial charge in [0.15, 0.2) is 5.76 Å². The molecule has 1 amide bonds. The van der Waals surface area contributed by atoms with E-state index in [1.807, 2.05) is 24.8 Å². The van der Waals surface area contributed by atoms with Gasteiger partial charge in [-0.2, -0.15) is 0 Å². The van der Waals surface area contributed by atoms with Crippen LogP contribution in [0.2, 0.25) is 0 Å². The van der Waals surface area contributed by atoms with Gasteiger partial charge in [0, 0.05) is 12.6 Å². The largest absolute Gasteiger partial charge is 0.359 e. The molecule has 0 aromatic carbocycles. The third-order valence-electron chi connectivity index (χ3n) is 4.27. The first-order valence-corrected chi connectivity index (χ1v) is 9.12. The zero-order valence-corrected chi connectivity index (χ0v) is 14.8. The first-order chi connectivity index (χ1) is 11.1. The summed E-state index contributed by atoms with van der Waals surface area (Å²) < 4.78 is 5.40. The topological polar surface area (TPSA) is 59.2 Å². The van der Waals surface area contributed by atoms with E-state index in [-0.39, 0.29) is 11.9 Å². The molecule has 6 heteroatoms. The normalized spacial score (nSPS) is 17.9. The van der Waals surface area contributed by atoms with E-state index >= 15 is 0 Å². The Balaban J connectivity index is 1.80. The van der Waals surface area contributed by atoms with Crippen LogP contribution in [-0.4, -0.2) is 27.5 Å². The van der Waals surface area contributed by atoms with E-state index in [2.05, 4.69) is 17.1 Å². The van der Waals surface area contributed by atoms with Crippen LogP contribution in [0.1, 0.15) is 70.5 Å². The summed E-state index contributed by atoms with van der Waals surface area (Å²) in [7, 11) is 0. The standard InChI is InChI=1S/C17H23N3O2S/c1-4-5-8-15-18-12(3)16(23-15)17(21)20-9-6-7-13(20)14-10-11(2)19-22-14/h10,13H,4-9H2,1-3H3. The fraction of sp³-hybridized carbons (Fsp3) is 0.588. The molecule has 124 valence electrons. The Labute approximate surface area is 140 Å². The van der Waals surface area contributed by atoms with Gasteiger partial charge in [-0.3, -0.25) is 4.79 Å². The van der Waals surface area contributed by atoms with E-state index in [1.54, 1.807) is 11.3 Å². The van der Waals surface area contributed by atoms with Crippen LogP contribution in [0.5, 0.6) is 0 Å². The van der Waals surface area contributed by atoms with Crippen LogP contribution in [0.3, 0.4) is 0 Å². The molecule has 1 saturated heterocycles. The van der Waals surface area contributed by atoms with Crippen molar-refractivity contribution in [3.05, 3.63) is 33.1 Å². The molecular weight excluding hydrogens is 310 g/mol. The van der Waals surface area contributed by atoms with Gasteiger partial charge in [0.25, 0.3) is 5.91 Å². The molecule has 2 aromatic heterocycles. The number of nitrogens with zero attached hydrogens (tertiary/aromatic N) is 3. The van der Waals surface area contributed by atoms with Gasteiger partial charge in [0.05, 0.1) is 22.4 Å². The van der Waals surface area contributed by atoms with E-state index in [0.29, 0.717) is 0 Å². The molecule has 2 aromatic rings. The van der Waals surface area contributed by atoms with Gasteiger partial charge in [0.2, 0.25) is 0 Å². The van der Waals surface area contributed by atoms with E-state index in [4.69, 9.17) is 4.52 Å². The molecule has 0 bridgehead atoms. The molecule has 0 saturated carbocycles. The van der Waals surface area contributed by atoms with Gasteiger partial charge < -0.3 is 9.42 Å². The van der Waals surface area contributed by atoms with E-state index < -0.39 is 0 Å². The maximum Gasteiger partial charge on any atom is 0.266 e. The molecule has 0 spiro atoms. The fourth-order valence-electron chi connectivity index (χ4n) is 3.06. The molecule has 3 heterocycles. The smallest absolute Gasteiger partial charge is 0.266 e. The molecule has 23 heavy (non-hydrogen) atoms. The van der Waals surface area contributed by atoms with Crippen LogP contribution in [0.4, 0.5) is 0 Å². The zero-order chi connectivity index (χ0) is 16.4. The van der Waals surface area contributed by atoms with Gasteiger partial charge >= 0.3 is 0 Å². The molecule has 0 aliphatic carbocycles. The lowest BCUT2D eigenvalue weighted by Gasteiger charge is -2.22. The summed E-state index contributed by atoms with van der Waals surface area (Å²) in [5, 5.41) is 5.03. The maximum atomic E-state index is 13.0. The predicted octanol–water partition coefficient (Wildman–Crippen LogP) is 4.07. The highest BCUT2D eigenvalue weighted by molar-refractivity contribution is 7.13. The van der Waals surface area contributed by atoms with Crippen LogP contribution in [0.15, 0.2) is 10.6 Å². The molecule has 5 nitrogen and oxygen atoms in total. The molecule has 1 aliphatic heterocycles. The minimum absolute atomic E-state index is 0.00397. The molecule has 1 unspecified atom stereocenters. The molecule has 0 N–H and O–H groups in total. The number of carbonyl (C=O) groups excluding carboxylic acids is 1. The van der Waals surface area contributed by atoms with Crippen molar-refractivity contribution in [1.29, 1.82) is 0 Å². The Morgan fingerprint density at radius 1 is 1.48 bits per heavy atom. The van der Waals surface area contributed by atoms with Crippen molar-refractivity contribution in [2.24, 2.45) is 0 Å². The number of carbonyl (C=O) groups is 1. The molecule has 1 fully saturated rings. The number of rotatable bonds is 5. The second-order valence-electron chi connectivity index (χ2n) is 6.15. The number of likely N-dealkylation sites (tertiary alicyclic amines) is 1. The molecule has 0 radical (unpaired) electrons. The van der Waals surface area contributed by atoms with Gasteiger partial charge in [-0.15, -0.1) is 11.3 Å². The third kappa shape index (κ3) is 3.32. The number of aryl methyl sites for hydroxylation is 3. The van der Waals surface area contributed by atoms with E-state index in [0.717, 1.165) is 65.7 Å². The number of amides is 1. The molecule has 1 aliphatic rings. The van der Waals surface area contributed by atoms with Crippen LogP contribution in [-0.2, 0) is 6.42 Å². The molecular formula is C17H23N3O2S. The first-order valence-electron chi connectivity index (χ1n) is 8.30. The van der Waals surface area contributed by atoms with E-state index in [9.17, 15) is 4.79 Å². The fourth-order valence-corrected chi connectivity index (χ4v) is 4.12. The molecule has 3 rings (SSSR count). The Morgan fingerprint density at radius 2 is 2.30 bits per heavy atom. The van der Waals surface area contributed by atoms with Gasteiger partial charge in [-0.05, 0) is 39.5 Å². The highest BCUT2D eigenvalue weighted by Gasteiger charge is 2.34. The summed E-state index contributed by atoms with van der Waals surface area (Å²) in [6, 6.07) is 1.94. The van der Waals surface area contributed by atoms with Crippen LogP contribution >= 0.6 is 11.3 Å². The summed E-state index contributed by atoms with van der Waals surface area (Å²) >= 11 is 1.55. The second kappa shape index (κ2) is 6.83. The minimum Gasteiger partial charge on any atom is -0.359 e. The lowest BCUT2D eigenvalue weighted by Crippen LogP contribution is -2.30. The molecule has 1 atom stereocenters. The van der Waals surface area contributed by atoms with Crippen molar-refractivity contribution < 1.29 is 9.32 Å². The lowest BCUT2D eigenvalue weighted by atomic mass is 10.1. The third-order valence-corrected chi connectivity index (χ3v) is 5.47. The van der Waals surface area contributed by atoms with Crippen molar-refractivity contribution in [3.8, 4) is 0 Å². The summed E-state index contributed by atoms with van der Waals surface area (Å²) in [4.78, 5) is 20.3. The van der Waals surface area contributed by atoms with Crippen molar-refractivity contribution >= 4 is 17.2 Å². The Hall–Kier alpha value is -1.69.